The molecule has 2 heterocycles. The van der Waals surface area contributed by atoms with E-state index in [0.29, 0.717) is 30.8 Å². The Morgan fingerprint density at radius 3 is 2.64 bits per heavy atom. The normalized spacial score (nSPS) is 14.7. The molecule has 0 N–H and O–H groups in total. The standard InChI is InChI=1S/C20H20F2N4O2/c1-25-18(27)3-2-16(24-25)11-19(28)26-6-4-13(5-7-26)8-14-9-15(12-23)20(22)17(21)10-14/h2-3,9-10,13H,4-8,11H2,1H3. The fourth-order valence-corrected chi connectivity index (χ4v) is 3.48. The molecule has 1 aromatic heterocycles. The summed E-state index contributed by atoms with van der Waals surface area (Å²) in [7, 11) is 1.54. The fraction of sp³-hybridized carbons (Fsp3) is 0.400. The average Bonchev–Trinajstić information content (AvgIpc) is 2.68. The molecule has 0 atom stereocenters. The number of aryl methyl sites for hydroxylation is 1. The molecule has 0 bridgehead atoms. The number of nitriles is 1. The lowest BCUT2D eigenvalue weighted by Crippen LogP contribution is -2.40. The Labute approximate surface area is 161 Å². The summed E-state index contributed by atoms with van der Waals surface area (Å²) in [5, 5.41) is 13.0. The highest BCUT2D eigenvalue weighted by Crippen LogP contribution is 2.24. The minimum Gasteiger partial charge on any atom is -0.342 e. The first-order valence-corrected chi connectivity index (χ1v) is 9.06. The molecule has 0 aliphatic carbocycles. The zero-order valence-corrected chi connectivity index (χ0v) is 15.5. The van der Waals surface area contributed by atoms with Crippen molar-refractivity contribution in [1.29, 1.82) is 5.26 Å². The molecular weight excluding hydrogens is 366 g/mol. The fourth-order valence-electron chi connectivity index (χ4n) is 3.48. The van der Waals surface area contributed by atoms with Crippen molar-refractivity contribution in [2.24, 2.45) is 13.0 Å². The van der Waals surface area contributed by atoms with E-state index in [0.717, 1.165) is 18.9 Å². The molecule has 28 heavy (non-hydrogen) atoms. The predicted octanol–water partition coefficient (Wildman–Crippen LogP) is 1.95. The Morgan fingerprint density at radius 2 is 2.00 bits per heavy atom. The first-order valence-electron chi connectivity index (χ1n) is 9.06. The first-order chi connectivity index (χ1) is 13.4. The van der Waals surface area contributed by atoms with Crippen LogP contribution in [-0.4, -0.2) is 33.7 Å². The molecule has 0 unspecified atom stereocenters. The lowest BCUT2D eigenvalue weighted by atomic mass is 9.89. The van der Waals surface area contributed by atoms with Gasteiger partial charge in [0.05, 0.1) is 17.7 Å². The average molecular weight is 386 g/mol. The van der Waals surface area contributed by atoms with Crippen LogP contribution in [0.25, 0.3) is 0 Å². The number of likely N-dealkylation sites (tertiary alicyclic amines) is 1. The van der Waals surface area contributed by atoms with Crippen molar-refractivity contribution in [2.45, 2.75) is 25.7 Å². The number of hydrogen-bond acceptors (Lipinski definition) is 4. The summed E-state index contributed by atoms with van der Waals surface area (Å²) in [5.74, 6) is -1.94. The van der Waals surface area contributed by atoms with E-state index in [9.17, 15) is 18.4 Å². The number of piperidine rings is 1. The molecule has 0 saturated carbocycles. The van der Waals surface area contributed by atoms with Gasteiger partial charge in [0.1, 0.15) is 6.07 Å². The monoisotopic (exact) mass is 386 g/mol. The van der Waals surface area contributed by atoms with Crippen molar-refractivity contribution in [3.8, 4) is 6.07 Å². The van der Waals surface area contributed by atoms with Gasteiger partial charge in [-0.25, -0.2) is 13.5 Å². The molecule has 1 saturated heterocycles. The van der Waals surface area contributed by atoms with Crippen LogP contribution in [0.1, 0.15) is 29.7 Å². The number of aromatic nitrogens is 2. The summed E-state index contributed by atoms with van der Waals surface area (Å²) in [4.78, 5) is 25.6. The highest BCUT2D eigenvalue weighted by Gasteiger charge is 2.24. The van der Waals surface area contributed by atoms with Crippen molar-refractivity contribution in [1.82, 2.24) is 14.7 Å². The van der Waals surface area contributed by atoms with Crippen LogP contribution in [-0.2, 0) is 24.7 Å². The van der Waals surface area contributed by atoms with Crippen LogP contribution in [0.15, 0.2) is 29.1 Å². The van der Waals surface area contributed by atoms with Crippen LogP contribution in [0.5, 0.6) is 0 Å². The van der Waals surface area contributed by atoms with Crippen LogP contribution in [0.3, 0.4) is 0 Å². The summed E-state index contributed by atoms with van der Waals surface area (Å²) in [5.41, 5.74) is 0.621. The number of benzene rings is 1. The maximum Gasteiger partial charge on any atom is 0.266 e. The summed E-state index contributed by atoms with van der Waals surface area (Å²) in [6.07, 6.45) is 2.16. The molecule has 0 spiro atoms. The molecule has 6 nitrogen and oxygen atoms in total. The predicted molar refractivity (Wildman–Crippen MR) is 97.3 cm³/mol. The molecule has 1 aromatic carbocycles. The molecule has 2 aromatic rings. The number of carbonyl (C=O) groups is 1. The Bertz CT molecular complexity index is 989. The van der Waals surface area contributed by atoms with Gasteiger partial charge >= 0.3 is 0 Å². The molecule has 8 heteroatoms. The van der Waals surface area contributed by atoms with E-state index in [2.05, 4.69) is 5.10 Å². The van der Waals surface area contributed by atoms with Gasteiger partial charge < -0.3 is 4.90 Å². The van der Waals surface area contributed by atoms with Crippen molar-refractivity contribution in [3.05, 3.63) is 63.1 Å². The van der Waals surface area contributed by atoms with E-state index in [1.165, 1.54) is 23.9 Å². The van der Waals surface area contributed by atoms with Crippen molar-refractivity contribution in [2.75, 3.05) is 13.1 Å². The van der Waals surface area contributed by atoms with E-state index in [1.807, 2.05) is 0 Å². The second-order valence-corrected chi connectivity index (χ2v) is 7.04. The van der Waals surface area contributed by atoms with E-state index >= 15 is 0 Å². The summed E-state index contributed by atoms with van der Waals surface area (Å²) >= 11 is 0. The Balaban J connectivity index is 1.56. The highest BCUT2D eigenvalue weighted by molar-refractivity contribution is 5.78. The summed E-state index contributed by atoms with van der Waals surface area (Å²) in [6, 6.07) is 7.15. The molecule has 0 radical (unpaired) electrons. The van der Waals surface area contributed by atoms with E-state index in [1.54, 1.807) is 17.0 Å². The zero-order chi connectivity index (χ0) is 20.3. The van der Waals surface area contributed by atoms with Crippen LogP contribution >= 0.6 is 0 Å². The van der Waals surface area contributed by atoms with Gasteiger partial charge in [-0.1, -0.05) is 0 Å². The van der Waals surface area contributed by atoms with Gasteiger partial charge in [-0.3, -0.25) is 9.59 Å². The molecule has 146 valence electrons. The summed E-state index contributed by atoms with van der Waals surface area (Å²) < 4.78 is 28.3. The van der Waals surface area contributed by atoms with E-state index in [4.69, 9.17) is 5.26 Å². The van der Waals surface area contributed by atoms with Crippen LogP contribution < -0.4 is 5.56 Å². The minimum atomic E-state index is -1.11. The van der Waals surface area contributed by atoms with Crippen LogP contribution in [0.4, 0.5) is 8.78 Å². The van der Waals surface area contributed by atoms with E-state index < -0.39 is 11.6 Å². The van der Waals surface area contributed by atoms with Gasteiger partial charge in [0.25, 0.3) is 5.56 Å². The third kappa shape index (κ3) is 4.42. The molecule has 1 amide bonds. The smallest absolute Gasteiger partial charge is 0.266 e. The Kier molecular flexibility index (Phi) is 5.83. The number of amides is 1. The quantitative estimate of drug-likeness (QED) is 0.805. The third-order valence-electron chi connectivity index (χ3n) is 5.05. The van der Waals surface area contributed by atoms with Gasteiger partial charge in [0.2, 0.25) is 5.91 Å². The maximum atomic E-state index is 13.6. The highest BCUT2D eigenvalue weighted by atomic mass is 19.2. The lowest BCUT2D eigenvalue weighted by molar-refractivity contribution is -0.131. The number of nitrogens with zero attached hydrogens (tertiary/aromatic N) is 4. The topological polar surface area (TPSA) is 79.0 Å². The first kappa shape index (κ1) is 19.7. The number of rotatable bonds is 4. The van der Waals surface area contributed by atoms with Crippen molar-refractivity contribution in [3.63, 3.8) is 0 Å². The second kappa shape index (κ2) is 8.30. The maximum absolute atomic E-state index is 13.6. The largest absolute Gasteiger partial charge is 0.342 e. The molecular formula is C20H20F2N4O2. The van der Waals surface area contributed by atoms with Gasteiger partial charge in [0.15, 0.2) is 11.6 Å². The van der Waals surface area contributed by atoms with Crippen molar-refractivity contribution >= 4 is 5.91 Å². The second-order valence-electron chi connectivity index (χ2n) is 7.04. The minimum absolute atomic E-state index is 0.0517. The van der Waals surface area contributed by atoms with Crippen molar-refractivity contribution < 1.29 is 13.6 Å². The number of carbonyl (C=O) groups excluding carboxylic acids is 1. The molecule has 1 aliphatic heterocycles. The van der Waals surface area contributed by atoms with Gasteiger partial charge in [-0.05, 0) is 48.9 Å². The Morgan fingerprint density at radius 1 is 1.29 bits per heavy atom. The molecule has 1 aliphatic rings. The lowest BCUT2D eigenvalue weighted by Gasteiger charge is -2.32. The number of halogens is 2. The van der Waals surface area contributed by atoms with Gasteiger partial charge in [-0.15, -0.1) is 0 Å². The Hall–Kier alpha value is -3.08. The van der Waals surface area contributed by atoms with Gasteiger partial charge in [0, 0.05) is 26.2 Å². The van der Waals surface area contributed by atoms with Gasteiger partial charge in [-0.2, -0.15) is 10.4 Å². The third-order valence-corrected chi connectivity index (χ3v) is 5.05. The zero-order valence-electron chi connectivity index (χ0n) is 15.5. The number of hydrogen-bond donors (Lipinski definition) is 0. The molecule has 3 rings (SSSR count). The van der Waals surface area contributed by atoms with Crippen LogP contribution in [0, 0.1) is 28.9 Å². The van der Waals surface area contributed by atoms with E-state index in [-0.39, 0.29) is 29.4 Å². The SMILES string of the molecule is Cn1nc(CC(=O)N2CCC(Cc3cc(F)c(F)c(C#N)c3)CC2)ccc1=O. The summed E-state index contributed by atoms with van der Waals surface area (Å²) in [6.45, 7) is 1.15. The van der Waals surface area contributed by atoms with Crippen LogP contribution in [0.2, 0.25) is 0 Å². The molecule has 1 fully saturated rings.